The van der Waals surface area contributed by atoms with Crippen molar-refractivity contribution < 1.29 is 14.4 Å². The number of allylic oxidation sites excluding steroid dienone is 2. The summed E-state index contributed by atoms with van der Waals surface area (Å²) in [6.07, 6.45) is 1.24. The molecule has 1 aromatic rings. The number of hydrogen-bond acceptors (Lipinski definition) is 4. The lowest BCUT2D eigenvalue weighted by molar-refractivity contribution is -0.123. The van der Waals surface area contributed by atoms with Crippen LogP contribution in [0.4, 0.5) is 0 Å². The van der Waals surface area contributed by atoms with Crippen molar-refractivity contribution in [2.24, 2.45) is 11.7 Å². The summed E-state index contributed by atoms with van der Waals surface area (Å²) in [6.45, 7) is 2.84. The molecule has 0 bridgehead atoms. The highest BCUT2D eigenvalue weighted by Gasteiger charge is 2.34. The lowest BCUT2D eigenvalue weighted by Gasteiger charge is -2.35. The Balaban J connectivity index is 1.92. The minimum Gasteiger partial charge on any atom is -0.369 e. The fourth-order valence-electron chi connectivity index (χ4n) is 3.25. The second kappa shape index (κ2) is 5.40. The Morgan fingerprint density at radius 1 is 1.09 bits per heavy atom. The molecule has 2 aliphatic rings. The first kappa shape index (κ1) is 14.5. The van der Waals surface area contributed by atoms with Crippen molar-refractivity contribution in [2.45, 2.75) is 19.8 Å². The van der Waals surface area contributed by atoms with Crippen LogP contribution < -0.4 is 5.73 Å². The molecule has 0 aromatic heterocycles. The van der Waals surface area contributed by atoms with E-state index in [2.05, 4.69) is 0 Å². The average Bonchev–Trinajstić information content (AvgIpc) is 2.53. The normalized spacial score (nSPS) is 19.4. The summed E-state index contributed by atoms with van der Waals surface area (Å²) >= 11 is 0. The summed E-state index contributed by atoms with van der Waals surface area (Å²) in [6, 6.07) is 6.91. The predicted molar refractivity (Wildman–Crippen MR) is 81.3 cm³/mol. The van der Waals surface area contributed by atoms with Gasteiger partial charge in [0.1, 0.15) is 0 Å². The molecule has 1 aromatic carbocycles. The first-order valence-electron chi connectivity index (χ1n) is 7.44. The third-order valence-corrected chi connectivity index (χ3v) is 4.54. The van der Waals surface area contributed by atoms with E-state index in [9.17, 15) is 14.4 Å². The van der Waals surface area contributed by atoms with Crippen LogP contribution in [0, 0.1) is 5.92 Å². The van der Waals surface area contributed by atoms with Gasteiger partial charge in [-0.2, -0.15) is 0 Å². The molecule has 5 heteroatoms. The van der Waals surface area contributed by atoms with Gasteiger partial charge in [-0.3, -0.25) is 14.4 Å². The van der Waals surface area contributed by atoms with Crippen molar-refractivity contribution in [3.05, 3.63) is 46.7 Å². The highest BCUT2D eigenvalue weighted by Crippen LogP contribution is 2.30. The summed E-state index contributed by atoms with van der Waals surface area (Å²) in [5.74, 6) is -0.631. The molecule has 22 heavy (non-hydrogen) atoms. The van der Waals surface area contributed by atoms with E-state index in [4.69, 9.17) is 5.73 Å². The molecule has 1 amide bonds. The van der Waals surface area contributed by atoms with E-state index in [0.717, 1.165) is 0 Å². The van der Waals surface area contributed by atoms with Crippen LogP contribution in [0.2, 0.25) is 0 Å². The van der Waals surface area contributed by atoms with Crippen LogP contribution in [0.5, 0.6) is 0 Å². The molecule has 3 rings (SSSR count). The van der Waals surface area contributed by atoms with Crippen molar-refractivity contribution >= 4 is 17.5 Å². The van der Waals surface area contributed by atoms with E-state index in [1.54, 1.807) is 31.2 Å². The van der Waals surface area contributed by atoms with Crippen LogP contribution in [0.3, 0.4) is 0 Å². The van der Waals surface area contributed by atoms with Crippen molar-refractivity contribution in [3.63, 3.8) is 0 Å². The number of likely N-dealkylation sites (tertiary alicyclic amines) is 1. The Morgan fingerprint density at radius 3 is 2.18 bits per heavy atom. The van der Waals surface area contributed by atoms with Gasteiger partial charge >= 0.3 is 0 Å². The van der Waals surface area contributed by atoms with Crippen molar-refractivity contribution in [1.29, 1.82) is 0 Å². The number of hydrogen-bond donors (Lipinski definition) is 1. The molecule has 0 saturated carbocycles. The van der Waals surface area contributed by atoms with Gasteiger partial charge in [0.15, 0.2) is 5.78 Å². The zero-order valence-corrected chi connectivity index (χ0v) is 12.5. The second-order valence-corrected chi connectivity index (χ2v) is 5.84. The molecule has 2 N–H and O–H groups in total. The second-order valence-electron chi connectivity index (χ2n) is 5.84. The number of fused-ring (bicyclic) bond motifs is 1. The fourth-order valence-corrected chi connectivity index (χ4v) is 3.25. The highest BCUT2D eigenvalue weighted by atomic mass is 16.1. The number of carbonyl (C=O) groups is 3. The monoisotopic (exact) mass is 298 g/mol. The number of ketones is 2. The van der Waals surface area contributed by atoms with Crippen LogP contribution in [0.15, 0.2) is 35.5 Å². The van der Waals surface area contributed by atoms with Gasteiger partial charge in [0.05, 0.1) is 5.70 Å². The standard InChI is InChI=1S/C17H18N2O3/c1-10-14(19-8-6-11(7-9-19)17(18)22)16(21)13-5-3-2-4-12(13)15(10)20/h2-5,11H,6-9H2,1H3,(H2,18,22). The number of rotatable bonds is 2. The molecule has 0 unspecified atom stereocenters. The molecule has 1 aliphatic carbocycles. The summed E-state index contributed by atoms with van der Waals surface area (Å²) in [7, 11) is 0. The van der Waals surface area contributed by atoms with Gasteiger partial charge in [-0.15, -0.1) is 0 Å². The SMILES string of the molecule is CC1=C(N2CCC(C(N)=O)CC2)C(=O)c2ccccc2C1=O. The summed E-state index contributed by atoms with van der Waals surface area (Å²) in [5, 5.41) is 0. The van der Waals surface area contributed by atoms with Crippen LogP contribution in [0.1, 0.15) is 40.5 Å². The largest absolute Gasteiger partial charge is 0.369 e. The fraction of sp³-hybridized carbons (Fsp3) is 0.353. The number of carbonyl (C=O) groups excluding carboxylic acids is 3. The lowest BCUT2D eigenvalue weighted by atomic mass is 9.86. The third-order valence-electron chi connectivity index (χ3n) is 4.54. The number of nitrogens with zero attached hydrogens (tertiary/aromatic N) is 1. The molecule has 1 heterocycles. The number of Topliss-reactive ketones (excluding diaryl/α,β-unsaturated/α-hetero) is 2. The summed E-state index contributed by atoms with van der Waals surface area (Å²) in [5.41, 5.74) is 7.24. The van der Waals surface area contributed by atoms with Gasteiger partial charge in [0.2, 0.25) is 11.7 Å². The minimum atomic E-state index is -0.290. The Hall–Kier alpha value is -2.43. The Kier molecular flexibility index (Phi) is 3.56. The van der Waals surface area contributed by atoms with Gasteiger partial charge < -0.3 is 10.6 Å². The zero-order valence-electron chi connectivity index (χ0n) is 12.5. The molecule has 0 spiro atoms. The molecule has 114 valence electrons. The predicted octanol–water partition coefficient (Wildman–Crippen LogP) is 1.54. The highest BCUT2D eigenvalue weighted by molar-refractivity contribution is 6.26. The van der Waals surface area contributed by atoms with E-state index in [-0.39, 0.29) is 23.4 Å². The lowest BCUT2D eigenvalue weighted by Crippen LogP contribution is -2.41. The maximum atomic E-state index is 12.7. The number of primary amides is 1. The van der Waals surface area contributed by atoms with Crippen LogP contribution in [-0.4, -0.2) is 35.5 Å². The van der Waals surface area contributed by atoms with Gasteiger partial charge in [-0.25, -0.2) is 0 Å². The van der Waals surface area contributed by atoms with Gasteiger partial charge in [-0.1, -0.05) is 24.3 Å². The van der Waals surface area contributed by atoms with E-state index >= 15 is 0 Å². The number of amides is 1. The molecule has 1 saturated heterocycles. The quantitative estimate of drug-likeness (QED) is 0.898. The molecule has 1 aliphatic heterocycles. The number of nitrogens with two attached hydrogens (primary N) is 1. The molecule has 1 fully saturated rings. The average molecular weight is 298 g/mol. The maximum absolute atomic E-state index is 12.7. The maximum Gasteiger partial charge on any atom is 0.220 e. The number of benzene rings is 1. The molecular formula is C17H18N2O3. The number of piperidine rings is 1. The topological polar surface area (TPSA) is 80.5 Å². The summed E-state index contributed by atoms with van der Waals surface area (Å²) < 4.78 is 0. The Bertz CT molecular complexity index is 698. The first-order valence-corrected chi connectivity index (χ1v) is 7.44. The Morgan fingerprint density at radius 2 is 1.64 bits per heavy atom. The minimum absolute atomic E-state index is 0.0952. The van der Waals surface area contributed by atoms with Gasteiger partial charge in [0, 0.05) is 35.7 Å². The van der Waals surface area contributed by atoms with Crippen molar-refractivity contribution in [3.8, 4) is 0 Å². The van der Waals surface area contributed by atoms with Crippen LogP contribution in [-0.2, 0) is 4.79 Å². The van der Waals surface area contributed by atoms with E-state index in [1.807, 2.05) is 4.90 Å². The molecular weight excluding hydrogens is 280 g/mol. The van der Waals surface area contributed by atoms with Crippen LogP contribution in [0.25, 0.3) is 0 Å². The zero-order chi connectivity index (χ0) is 15.9. The molecule has 0 radical (unpaired) electrons. The van der Waals surface area contributed by atoms with E-state index in [1.165, 1.54) is 0 Å². The van der Waals surface area contributed by atoms with Crippen molar-refractivity contribution in [2.75, 3.05) is 13.1 Å². The smallest absolute Gasteiger partial charge is 0.220 e. The van der Waals surface area contributed by atoms with Gasteiger partial charge in [-0.05, 0) is 19.8 Å². The molecule has 0 atom stereocenters. The van der Waals surface area contributed by atoms with Crippen molar-refractivity contribution in [1.82, 2.24) is 4.90 Å². The first-order chi connectivity index (χ1) is 10.5. The van der Waals surface area contributed by atoms with Gasteiger partial charge in [0.25, 0.3) is 0 Å². The van der Waals surface area contributed by atoms with E-state index < -0.39 is 0 Å². The molecule has 5 nitrogen and oxygen atoms in total. The Labute approximate surface area is 128 Å². The third kappa shape index (κ3) is 2.22. The van der Waals surface area contributed by atoms with E-state index in [0.29, 0.717) is 48.3 Å². The summed E-state index contributed by atoms with van der Waals surface area (Å²) in [4.78, 5) is 38.4. The van der Waals surface area contributed by atoms with Crippen LogP contribution >= 0.6 is 0 Å².